The van der Waals surface area contributed by atoms with Crippen LogP contribution in [0.2, 0.25) is 0 Å². The minimum atomic E-state index is -3.89. The van der Waals surface area contributed by atoms with Crippen LogP contribution in [0.5, 0.6) is 0 Å². The molecule has 2 fully saturated rings. The summed E-state index contributed by atoms with van der Waals surface area (Å²) in [5, 5.41) is 3.21. The summed E-state index contributed by atoms with van der Waals surface area (Å²) in [6, 6.07) is 5.09. The Balaban J connectivity index is 1.70. The molecule has 0 aromatic heterocycles. The average molecular weight is 455 g/mol. The summed E-state index contributed by atoms with van der Waals surface area (Å²) < 4.78 is 41.6. The molecule has 1 aromatic rings. The number of hydrogen-bond acceptors (Lipinski definition) is 5. The number of carbonyl (C=O) groups excluding carboxylic acids is 1. The third-order valence-electron chi connectivity index (χ3n) is 6.09. The number of hydrogen-bond donors (Lipinski definition) is 1. The Labute approximate surface area is 185 Å². The highest BCUT2D eigenvalue weighted by molar-refractivity contribution is 7.89. The lowest BCUT2D eigenvalue weighted by Gasteiger charge is -2.36. The number of nitrogens with zero attached hydrogens (tertiary/aromatic N) is 3. The van der Waals surface area contributed by atoms with Gasteiger partial charge in [-0.2, -0.15) is 4.31 Å². The minimum absolute atomic E-state index is 0.0406. The Morgan fingerprint density at radius 3 is 2.48 bits per heavy atom. The van der Waals surface area contributed by atoms with E-state index in [0.717, 1.165) is 32.2 Å². The Morgan fingerprint density at radius 1 is 1.16 bits per heavy atom. The largest absolute Gasteiger partial charge is 0.340 e. The average Bonchev–Trinajstić information content (AvgIpc) is 2.73. The summed E-state index contributed by atoms with van der Waals surface area (Å²) in [6.07, 6.45) is 1.31. The van der Waals surface area contributed by atoms with Gasteiger partial charge in [0.25, 0.3) is 0 Å². The van der Waals surface area contributed by atoms with Gasteiger partial charge >= 0.3 is 0 Å². The number of rotatable bonds is 8. The van der Waals surface area contributed by atoms with Gasteiger partial charge in [0, 0.05) is 65.3 Å². The molecule has 2 saturated heterocycles. The highest BCUT2D eigenvalue weighted by Crippen LogP contribution is 2.22. The quantitative estimate of drug-likeness (QED) is 0.646. The maximum Gasteiger partial charge on any atom is 0.243 e. The van der Waals surface area contributed by atoms with Crippen LogP contribution < -0.4 is 5.32 Å². The molecule has 1 amide bonds. The second kappa shape index (κ2) is 10.8. The molecule has 0 spiro atoms. The first-order chi connectivity index (χ1) is 14.8. The molecule has 2 heterocycles. The van der Waals surface area contributed by atoms with E-state index in [1.165, 1.54) is 28.9 Å². The molecule has 2 aliphatic heterocycles. The van der Waals surface area contributed by atoms with Crippen LogP contribution in [0.15, 0.2) is 29.2 Å². The summed E-state index contributed by atoms with van der Waals surface area (Å²) in [5.41, 5.74) is 0. The molecule has 9 heteroatoms. The fourth-order valence-corrected chi connectivity index (χ4v) is 6.11. The molecule has 1 N–H and O–H groups in total. The van der Waals surface area contributed by atoms with Crippen LogP contribution in [0.1, 0.15) is 26.7 Å². The topological polar surface area (TPSA) is 73.0 Å². The summed E-state index contributed by atoms with van der Waals surface area (Å²) in [4.78, 5) is 16.6. The molecular weight excluding hydrogens is 419 g/mol. The van der Waals surface area contributed by atoms with Crippen LogP contribution in [-0.4, -0.2) is 87.3 Å². The van der Waals surface area contributed by atoms with Gasteiger partial charge in [0.05, 0.1) is 4.90 Å². The number of nitrogens with one attached hydrogen (secondary N) is 1. The fourth-order valence-electron chi connectivity index (χ4n) is 4.65. The van der Waals surface area contributed by atoms with Crippen molar-refractivity contribution in [1.29, 1.82) is 0 Å². The van der Waals surface area contributed by atoms with Crippen molar-refractivity contribution in [2.75, 3.05) is 58.9 Å². The maximum atomic E-state index is 13.7. The lowest BCUT2D eigenvalue weighted by Crippen LogP contribution is -2.48. The van der Waals surface area contributed by atoms with Gasteiger partial charge in [-0.3, -0.25) is 4.79 Å². The molecule has 0 radical (unpaired) electrons. The summed E-state index contributed by atoms with van der Waals surface area (Å²) in [6.45, 7) is 10.1. The number of benzene rings is 1. The molecule has 0 bridgehead atoms. The van der Waals surface area contributed by atoms with Crippen molar-refractivity contribution in [3.05, 3.63) is 30.1 Å². The Morgan fingerprint density at radius 2 is 1.84 bits per heavy atom. The van der Waals surface area contributed by atoms with E-state index in [2.05, 4.69) is 24.1 Å². The number of carbonyl (C=O) groups is 1. The van der Waals surface area contributed by atoms with Gasteiger partial charge in [-0.1, -0.05) is 19.9 Å². The van der Waals surface area contributed by atoms with Gasteiger partial charge in [-0.05, 0) is 36.5 Å². The van der Waals surface area contributed by atoms with Gasteiger partial charge in [0.15, 0.2) is 0 Å². The van der Waals surface area contributed by atoms with Crippen LogP contribution in [0.3, 0.4) is 0 Å². The smallest absolute Gasteiger partial charge is 0.243 e. The standard InChI is InChI=1S/C22H35FN4O3S/c1-18-14-19(2)17-25(16-18)12-13-27(9-6-22(28)26-10-7-24-8-11-26)31(29,30)21-5-3-4-20(23)15-21/h3-5,15,18-19,24H,6-14,16-17H2,1-2H3/t18-,19-/m0/s1. The number of piperazine rings is 1. The molecule has 0 aliphatic carbocycles. The van der Waals surface area contributed by atoms with E-state index in [0.29, 0.717) is 31.5 Å². The lowest BCUT2D eigenvalue weighted by atomic mass is 9.92. The minimum Gasteiger partial charge on any atom is -0.340 e. The second-order valence-corrected chi connectivity index (χ2v) is 10.9. The summed E-state index contributed by atoms with van der Waals surface area (Å²) in [7, 11) is -3.89. The van der Waals surface area contributed by atoms with Crippen LogP contribution in [0.25, 0.3) is 0 Å². The zero-order valence-electron chi connectivity index (χ0n) is 18.6. The van der Waals surface area contributed by atoms with E-state index in [4.69, 9.17) is 0 Å². The molecule has 31 heavy (non-hydrogen) atoms. The van der Waals surface area contributed by atoms with E-state index in [1.807, 2.05) is 0 Å². The number of likely N-dealkylation sites (tertiary alicyclic amines) is 1. The predicted octanol–water partition coefficient (Wildman–Crippen LogP) is 1.62. The van der Waals surface area contributed by atoms with Crippen molar-refractivity contribution >= 4 is 15.9 Å². The van der Waals surface area contributed by atoms with Crippen LogP contribution >= 0.6 is 0 Å². The normalized spacial score (nSPS) is 23.3. The zero-order valence-corrected chi connectivity index (χ0v) is 19.4. The Bertz CT molecular complexity index is 835. The molecule has 174 valence electrons. The Hall–Kier alpha value is -1.55. The van der Waals surface area contributed by atoms with E-state index < -0.39 is 15.8 Å². The molecule has 0 unspecified atom stereocenters. The van der Waals surface area contributed by atoms with E-state index >= 15 is 0 Å². The molecule has 0 saturated carbocycles. The Kier molecular flexibility index (Phi) is 8.43. The van der Waals surface area contributed by atoms with Crippen molar-refractivity contribution in [3.63, 3.8) is 0 Å². The monoisotopic (exact) mass is 454 g/mol. The molecule has 3 rings (SSSR count). The van der Waals surface area contributed by atoms with Gasteiger partial charge in [0.2, 0.25) is 15.9 Å². The number of sulfonamides is 1. The van der Waals surface area contributed by atoms with Crippen LogP contribution in [0.4, 0.5) is 4.39 Å². The molecule has 7 nitrogen and oxygen atoms in total. The van der Waals surface area contributed by atoms with Gasteiger partial charge < -0.3 is 15.1 Å². The molecular formula is C22H35FN4O3S. The van der Waals surface area contributed by atoms with E-state index in [9.17, 15) is 17.6 Å². The van der Waals surface area contributed by atoms with Crippen LogP contribution in [-0.2, 0) is 14.8 Å². The maximum absolute atomic E-state index is 13.7. The highest BCUT2D eigenvalue weighted by atomic mass is 32.2. The highest BCUT2D eigenvalue weighted by Gasteiger charge is 2.28. The van der Waals surface area contributed by atoms with Crippen molar-refractivity contribution in [3.8, 4) is 0 Å². The van der Waals surface area contributed by atoms with Crippen molar-refractivity contribution in [1.82, 2.24) is 19.4 Å². The summed E-state index contributed by atoms with van der Waals surface area (Å²) in [5.74, 6) is 0.524. The van der Waals surface area contributed by atoms with Crippen molar-refractivity contribution < 1.29 is 17.6 Å². The lowest BCUT2D eigenvalue weighted by molar-refractivity contribution is -0.131. The van der Waals surface area contributed by atoms with Gasteiger partial charge in [-0.15, -0.1) is 0 Å². The number of halogens is 1. The molecule has 1 aromatic carbocycles. The van der Waals surface area contributed by atoms with Gasteiger partial charge in [-0.25, -0.2) is 12.8 Å². The second-order valence-electron chi connectivity index (χ2n) is 8.95. The SMILES string of the molecule is C[C@H]1C[C@H](C)CN(CCN(CCC(=O)N2CCNCC2)S(=O)(=O)c2cccc(F)c2)C1. The van der Waals surface area contributed by atoms with Gasteiger partial charge in [0.1, 0.15) is 5.82 Å². The van der Waals surface area contributed by atoms with E-state index in [-0.39, 0.29) is 30.3 Å². The van der Waals surface area contributed by atoms with E-state index in [1.54, 1.807) is 4.90 Å². The first-order valence-corrected chi connectivity index (χ1v) is 12.7. The fraction of sp³-hybridized carbons (Fsp3) is 0.682. The van der Waals surface area contributed by atoms with Crippen molar-refractivity contribution in [2.24, 2.45) is 11.8 Å². The number of piperidine rings is 1. The summed E-state index contributed by atoms with van der Waals surface area (Å²) >= 11 is 0. The molecule has 2 atom stereocenters. The van der Waals surface area contributed by atoms with Crippen molar-refractivity contribution in [2.45, 2.75) is 31.6 Å². The molecule has 2 aliphatic rings. The first-order valence-electron chi connectivity index (χ1n) is 11.2. The third kappa shape index (κ3) is 6.71. The zero-order chi connectivity index (χ0) is 22.4. The number of amides is 1. The van der Waals surface area contributed by atoms with Crippen LogP contribution in [0, 0.1) is 17.7 Å². The third-order valence-corrected chi connectivity index (χ3v) is 7.98. The predicted molar refractivity (Wildman–Crippen MR) is 119 cm³/mol. The first kappa shape index (κ1) is 24.1.